The lowest BCUT2D eigenvalue weighted by molar-refractivity contribution is 0.180. The Morgan fingerprint density at radius 1 is 1.42 bits per heavy atom. The van der Waals surface area contributed by atoms with Crippen LogP contribution in [0.4, 0.5) is 0 Å². The molecule has 0 aliphatic heterocycles. The van der Waals surface area contributed by atoms with E-state index >= 15 is 0 Å². The van der Waals surface area contributed by atoms with E-state index in [4.69, 9.17) is 9.84 Å². The maximum absolute atomic E-state index is 9.30. The number of aromatic hydroxyl groups is 1. The predicted octanol–water partition coefficient (Wildman–Crippen LogP) is 1.03. The van der Waals surface area contributed by atoms with Crippen molar-refractivity contribution in [3.8, 4) is 5.75 Å². The Bertz CT molecular complexity index is 258. The molecule has 0 radical (unpaired) electrons. The standard InChI is InChI=1S/C9H12O3/c1-12-6-7-3-2-4-9(11)8(7)5-10/h2-4,10-11H,5-6H2,1H3. The van der Waals surface area contributed by atoms with Crippen molar-refractivity contribution in [1.29, 1.82) is 0 Å². The summed E-state index contributed by atoms with van der Waals surface area (Å²) in [6.45, 7) is 0.246. The van der Waals surface area contributed by atoms with E-state index in [0.717, 1.165) is 5.56 Å². The first-order chi connectivity index (χ1) is 5.79. The van der Waals surface area contributed by atoms with E-state index < -0.39 is 0 Å². The van der Waals surface area contributed by atoms with Crippen molar-refractivity contribution in [2.75, 3.05) is 7.11 Å². The molecule has 0 aromatic heterocycles. The second-order valence-corrected chi connectivity index (χ2v) is 2.51. The fourth-order valence-corrected chi connectivity index (χ4v) is 1.09. The van der Waals surface area contributed by atoms with Crippen LogP contribution in [0.3, 0.4) is 0 Å². The lowest BCUT2D eigenvalue weighted by Gasteiger charge is -2.07. The minimum absolute atomic E-state index is 0.118. The monoisotopic (exact) mass is 168 g/mol. The molecule has 3 heteroatoms. The summed E-state index contributed by atoms with van der Waals surface area (Å²) in [6, 6.07) is 5.09. The van der Waals surface area contributed by atoms with Crippen molar-refractivity contribution in [3.63, 3.8) is 0 Å². The first-order valence-electron chi connectivity index (χ1n) is 3.69. The summed E-state index contributed by atoms with van der Waals surface area (Å²) in [5.41, 5.74) is 1.36. The summed E-state index contributed by atoms with van der Waals surface area (Å²) in [5, 5.41) is 18.2. The maximum Gasteiger partial charge on any atom is 0.121 e. The topological polar surface area (TPSA) is 49.7 Å². The molecule has 0 aliphatic carbocycles. The van der Waals surface area contributed by atoms with Gasteiger partial charge < -0.3 is 14.9 Å². The van der Waals surface area contributed by atoms with Crippen molar-refractivity contribution >= 4 is 0 Å². The Morgan fingerprint density at radius 3 is 2.75 bits per heavy atom. The van der Waals surface area contributed by atoms with E-state index in [0.29, 0.717) is 12.2 Å². The van der Waals surface area contributed by atoms with Crippen molar-refractivity contribution in [1.82, 2.24) is 0 Å². The highest BCUT2D eigenvalue weighted by molar-refractivity contribution is 5.38. The summed E-state index contributed by atoms with van der Waals surface area (Å²) >= 11 is 0. The van der Waals surface area contributed by atoms with Gasteiger partial charge in [-0.15, -0.1) is 0 Å². The zero-order valence-corrected chi connectivity index (χ0v) is 6.95. The number of aliphatic hydroxyl groups is 1. The van der Waals surface area contributed by atoms with Gasteiger partial charge in [-0.1, -0.05) is 12.1 Å². The van der Waals surface area contributed by atoms with Crippen LogP contribution in [0.15, 0.2) is 18.2 Å². The van der Waals surface area contributed by atoms with Crippen molar-refractivity contribution in [2.24, 2.45) is 0 Å². The first-order valence-corrected chi connectivity index (χ1v) is 3.69. The van der Waals surface area contributed by atoms with Crippen molar-refractivity contribution in [3.05, 3.63) is 29.3 Å². The van der Waals surface area contributed by atoms with Crippen molar-refractivity contribution in [2.45, 2.75) is 13.2 Å². The Kier molecular flexibility index (Phi) is 3.08. The lowest BCUT2D eigenvalue weighted by Crippen LogP contribution is -1.95. The SMILES string of the molecule is COCc1cccc(O)c1CO. The van der Waals surface area contributed by atoms with Gasteiger partial charge in [0.15, 0.2) is 0 Å². The minimum Gasteiger partial charge on any atom is -0.508 e. The number of hydrogen-bond donors (Lipinski definition) is 2. The summed E-state index contributed by atoms with van der Waals surface area (Å²) in [5.74, 6) is 0.118. The number of phenols is 1. The van der Waals surface area contributed by atoms with E-state index in [2.05, 4.69) is 0 Å². The molecule has 0 heterocycles. The molecule has 0 saturated heterocycles. The van der Waals surface area contributed by atoms with Crippen LogP contribution in [0.25, 0.3) is 0 Å². The third-order valence-corrected chi connectivity index (χ3v) is 1.71. The number of aliphatic hydroxyl groups excluding tert-OH is 1. The van der Waals surface area contributed by atoms with Gasteiger partial charge in [0.1, 0.15) is 5.75 Å². The van der Waals surface area contributed by atoms with E-state index in [9.17, 15) is 5.11 Å². The molecular weight excluding hydrogens is 156 g/mol. The van der Waals surface area contributed by atoms with Gasteiger partial charge in [-0.25, -0.2) is 0 Å². The van der Waals surface area contributed by atoms with Crippen LogP contribution in [0.5, 0.6) is 5.75 Å². The Labute approximate surface area is 71.2 Å². The predicted molar refractivity (Wildman–Crippen MR) is 44.7 cm³/mol. The molecule has 0 atom stereocenters. The lowest BCUT2D eigenvalue weighted by atomic mass is 10.1. The highest BCUT2D eigenvalue weighted by atomic mass is 16.5. The molecule has 12 heavy (non-hydrogen) atoms. The average molecular weight is 168 g/mol. The Balaban J connectivity index is 3.00. The Hall–Kier alpha value is -1.06. The van der Waals surface area contributed by atoms with Crippen LogP contribution in [0.1, 0.15) is 11.1 Å². The molecule has 66 valence electrons. The molecule has 3 nitrogen and oxygen atoms in total. The number of ether oxygens (including phenoxy) is 1. The average Bonchev–Trinajstić information content (AvgIpc) is 2.05. The van der Waals surface area contributed by atoms with Crippen LogP contribution in [-0.2, 0) is 18.0 Å². The molecule has 0 amide bonds. The number of hydrogen-bond acceptors (Lipinski definition) is 3. The van der Waals surface area contributed by atoms with E-state index in [-0.39, 0.29) is 12.4 Å². The summed E-state index contributed by atoms with van der Waals surface area (Å²) in [4.78, 5) is 0. The van der Waals surface area contributed by atoms with Crippen LogP contribution in [0, 0.1) is 0 Å². The van der Waals surface area contributed by atoms with E-state index in [1.807, 2.05) is 6.07 Å². The van der Waals surface area contributed by atoms with Gasteiger partial charge in [0.25, 0.3) is 0 Å². The maximum atomic E-state index is 9.30. The first kappa shape index (κ1) is 9.03. The normalized spacial score (nSPS) is 10.2. The van der Waals surface area contributed by atoms with E-state index in [1.165, 1.54) is 0 Å². The molecular formula is C9H12O3. The highest BCUT2D eigenvalue weighted by Crippen LogP contribution is 2.21. The zero-order chi connectivity index (χ0) is 8.97. The second-order valence-electron chi connectivity index (χ2n) is 2.51. The molecule has 0 fully saturated rings. The Morgan fingerprint density at radius 2 is 2.17 bits per heavy atom. The van der Waals surface area contributed by atoms with Crippen LogP contribution in [-0.4, -0.2) is 17.3 Å². The quantitative estimate of drug-likeness (QED) is 0.708. The summed E-state index contributed by atoms with van der Waals surface area (Å²) in [7, 11) is 1.57. The molecule has 1 rings (SSSR count). The number of methoxy groups -OCH3 is 1. The van der Waals surface area contributed by atoms with Gasteiger partial charge in [0, 0.05) is 12.7 Å². The molecule has 0 bridgehead atoms. The molecule has 2 N–H and O–H groups in total. The van der Waals surface area contributed by atoms with Gasteiger partial charge in [-0.3, -0.25) is 0 Å². The second kappa shape index (κ2) is 4.09. The third kappa shape index (κ3) is 1.75. The third-order valence-electron chi connectivity index (χ3n) is 1.71. The summed E-state index contributed by atoms with van der Waals surface area (Å²) in [6.07, 6.45) is 0. The molecule has 0 saturated carbocycles. The fraction of sp³-hybridized carbons (Fsp3) is 0.333. The highest BCUT2D eigenvalue weighted by Gasteiger charge is 2.04. The van der Waals surface area contributed by atoms with Gasteiger partial charge in [-0.05, 0) is 11.6 Å². The zero-order valence-electron chi connectivity index (χ0n) is 6.95. The molecule has 0 aliphatic rings. The number of rotatable bonds is 3. The van der Waals surface area contributed by atoms with Crippen LogP contribution < -0.4 is 0 Å². The minimum atomic E-state index is -0.161. The summed E-state index contributed by atoms with van der Waals surface area (Å²) < 4.78 is 4.90. The fourth-order valence-electron chi connectivity index (χ4n) is 1.09. The smallest absolute Gasteiger partial charge is 0.121 e. The van der Waals surface area contributed by atoms with Gasteiger partial charge in [0.05, 0.1) is 13.2 Å². The van der Waals surface area contributed by atoms with Gasteiger partial charge in [0.2, 0.25) is 0 Å². The van der Waals surface area contributed by atoms with Gasteiger partial charge in [-0.2, -0.15) is 0 Å². The molecule has 0 unspecified atom stereocenters. The van der Waals surface area contributed by atoms with Gasteiger partial charge >= 0.3 is 0 Å². The number of benzene rings is 1. The van der Waals surface area contributed by atoms with Crippen LogP contribution >= 0.6 is 0 Å². The van der Waals surface area contributed by atoms with Crippen molar-refractivity contribution < 1.29 is 14.9 Å². The van der Waals surface area contributed by atoms with E-state index in [1.54, 1.807) is 19.2 Å². The molecule has 1 aromatic carbocycles. The molecule has 0 spiro atoms. The largest absolute Gasteiger partial charge is 0.508 e. The van der Waals surface area contributed by atoms with Crippen LogP contribution in [0.2, 0.25) is 0 Å². The molecule has 1 aromatic rings.